The predicted octanol–water partition coefficient (Wildman–Crippen LogP) is 2.78. The number of hydrogen-bond donors (Lipinski definition) is 1. The molecule has 0 saturated heterocycles. The van der Waals surface area contributed by atoms with Gasteiger partial charge in [-0.15, -0.1) is 5.10 Å². The zero-order chi connectivity index (χ0) is 21.9. The van der Waals surface area contributed by atoms with Crippen molar-refractivity contribution in [1.29, 1.82) is 0 Å². The molecule has 1 heterocycles. The molecule has 162 valence electrons. The van der Waals surface area contributed by atoms with Crippen LogP contribution < -0.4 is 0 Å². The maximum Gasteiger partial charge on any atom is 0.310 e. The van der Waals surface area contributed by atoms with Crippen LogP contribution in [0.5, 0.6) is 0 Å². The minimum absolute atomic E-state index is 0.0912. The first kappa shape index (κ1) is 22.0. The van der Waals surface area contributed by atoms with Crippen LogP contribution in [0.15, 0.2) is 36.5 Å². The van der Waals surface area contributed by atoms with Crippen molar-refractivity contribution in [2.75, 3.05) is 6.61 Å². The molecule has 8 heteroatoms. The quantitative estimate of drug-likeness (QED) is 0.749. The number of rotatable bonds is 5. The van der Waals surface area contributed by atoms with E-state index in [0.29, 0.717) is 5.69 Å². The minimum atomic E-state index is -0.872. The van der Waals surface area contributed by atoms with Gasteiger partial charge in [-0.1, -0.05) is 35.5 Å². The summed E-state index contributed by atoms with van der Waals surface area (Å²) in [5, 5.41) is 19.2. The van der Waals surface area contributed by atoms with E-state index in [2.05, 4.69) is 10.3 Å². The monoisotopic (exact) mass is 415 g/mol. The van der Waals surface area contributed by atoms with Crippen LogP contribution in [0.1, 0.15) is 46.6 Å². The van der Waals surface area contributed by atoms with Gasteiger partial charge in [-0.3, -0.25) is 9.59 Å². The molecule has 0 bridgehead atoms. The van der Waals surface area contributed by atoms with Crippen LogP contribution in [0.2, 0.25) is 0 Å². The van der Waals surface area contributed by atoms with Crippen molar-refractivity contribution in [3.8, 4) is 11.3 Å². The lowest BCUT2D eigenvalue weighted by Gasteiger charge is -2.37. The summed E-state index contributed by atoms with van der Waals surface area (Å²) in [6, 6.07) is 9.08. The molecule has 1 fully saturated rings. The van der Waals surface area contributed by atoms with Crippen LogP contribution in [0.25, 0.3) is 11.3 Å². The van der Waals surface area contributed by atoms with Gasteiger partial charge in [0.1, 0.15) is 11.3 Å². The van der Waals surface area contributed by atoms with E-state index in [-0.39, 0.29) is 19.4 Å². The fourth-order valence-corrected chi connectivity index (χ4v) is 3.78. The van der Waals surface area contributed by atoms with Gasteiger partial charge < -0.3 is 14.6 Å². The lowest BCUT2D eigenvalue weighted by atomic mass is 9.75. The second kappa shape index (κ2) is 8.95. The summed E-state index contributed by atoms with van der Waals surface area (Å²) in [6.45, 7) is 7.26. The van der Waals surface area contributed by atoms with E-state index >= 15 is 0 Å². The fourth-order valence-electron chi connectivity index (χ4n) is 3.78. The van der Waals surface area contributed by atoms with Crippen molar-refractivity contribution in [2.45, 2.75) is 58.3 Å². The van der Waals surface area contributed by atoms with Crippen LogP contribution in [0, 0.1) is 11.8 Å². The van der Waals surface area contributed by atoms with Crippen LogP contribution in [-0.4, -0.2) is 50.4 Å². The Morgan fingerprint density at radius 2 is 1.80 bits per heavy atom. The molecular weight excluding hydrogens is 386 g/mol. The molecule has 30 heavy (non-hydrogen) atoms. The number of carbonyl (C=O) groups excluding carboxylic acids is 2. The molecule has 1 N–H and O–H groups in total. The Hall–Kier alpha value is -2.74. The third kappa shape index (κ3) is 5.05. The average molecular weight is 415 g/mol. The number of ether oxygens (including phenoxy) is 2. The first-order valence-corrected chi connectivity index (χ1v) is 10.2. The highest BCUT2D eigenvalue weighted by Gasteiger charge is 2.46. The smallest absolute Gasteiger partial charge is 0.310 e. The molecule has 8 nitrogen and oxygen atoms in total. The number of carbonyl (C=O) groups is 2. The van der Waals surface area contributed by atoms with E-state index in [1.54, 1.807) is 38.6 Å². The fraction of sp³-hybridized carbons (Fsp3) is 0.545. The summed E-state index contributed by atoms with van der Waals surface area (Å²) < 4.78 is 12.3. The zero-order valence-corrected chi connectivity index (χ0v) is 17.8. The normalized spacial score (nSPS) is 24.3. The SMILES string of the molecule is CCOC(=O)[C@@H]1C[C@H](O)[C@@H](n2cc(-c3ccccc3)nn2)C[C@@H]1C(=O)OC(C)(C)C. The predicted molar refractivity (Wildman–Crippen MR) is 109 cm³/mol. The number of benzene rings is 1. The van der Waals surface area contributed by atoms with Crippen LogP contribution in [0.4, 0.5) is 0 Å². The molecule has 1 aliphatic carbocycles. The molecule has 3 rings (SSSR count). The van der Waals surface area contributed by atoms with Gasteiger partial charge >= 0.3 is 11.9 Å². The first-order valence-electron chi connectivity index (χ1n) is 10.2. The largest absolute Gasteiger partial charge is 0.466 e. The molecule has 0 unspecified atom stereocenters. The van der Waals surface area contributed by atoms with Gasteiger partial charge in [-0.05, 0) is 40.5 Å². The average Bonchev–Trinajstić information content (AvgIpc) is 3.17. The van der Waals surface area contributed by atoms with Gasteiger partial charge in [0.2, 0.25) is 0 Å². The van der Waals surface area contributed by atoms with Crippen molar-refractivity contribution < 1.29 is 24.2 Å². The van der Waals surface area contributed by atoms with Gasteiger partial charge in [0.05, 0.1) is 36.8 Å². The minimum Gasteiger partial charge on any atom is -0.466 e. The second-order valence-corrected chi connectivity index (χ2v) is 8.55. The zero-order valence-electron chi connectivity index (χ0n) is 17.8. The molecule has 1 aromatic heterocycles. The Labute approximate surface area is 176 Å². The van der Waals surface area contributed by atoms with E-state index in [1.807, 2.05) is 30.3 Å². The molecule has 0 spiro atoms. The van der Waals surface area contributed by atoms with E-state index in [0.717, 1.165) is 5.56 Å². The van der Waals surface area contributed by atoms with E-state index in [1.165, 1.54) is 0 Å². The summed E-state index contributed by atoms with van der Waals surface area (Å²) in [4.78, 5) is 25.4. The third-order valence-electron chi connectivity index (χ3n) is 5.14. The van der Waals surface area contributed by atoms with E-state index in [9.17, 15) is 14.7 Å². The maximum absolute atomic E-state index is 12.9. The Morgan fingerprint density at radius 1 is 1.13 bits per heavy atom. The third-order valence-corrected chi connectivity index (χ3v) is 5.14. The van der Waals surface area contributed by atoms with Crippen LogP contribution in [-0.2, 0) is 19.1 Å². The Balaban J connectivity index is 1.86. The summed E-state index contributed by atoms with van der Waals surface area (Å²) in [6.07, 6.45) is 1.17. The summed E-state index contributed by atoms with van der Waals surface area (Å²) >= 11 is 0. The highest BCUT2D eigenvalue weighted by Crippen LogP contribution is 2.39. The van der Waals surface area contributed by atoms with E-state index in [4.69, 9.17) is 9.47 Å². The van der Waals surface area contributed by atoms with Crippen molar-refractivity contribution in [2.24, 2.45) is 11.8 Å². The summed E-state index contributed by atoms with van der Waals surface area (Å²) in [5.41, 5.74) is 0.890. The highest BCUT2D eigenvalue weighted by molar-refractivity contribution is 5.82. The first-order chi connectivity index (χ1) is 14.2. The maximum atomic E-state index is 12.9. The van der Waals surface area contributed by atoms with Crippen LogP contribution >= 0.6 is 0 Å². The number of esters is 2. The number of hydrogen-bond acceptors (Lipinski definition) is 7. The molecular formula is C22H29N3O5. The van der Waals surface area contributed by atoms with Gasteiger partial charge in [0.15, 0.2) is 0 Å². The standard InChI is InChI=1S/C22H29N3O5/c1-5-29-20(27)16-12-19(26)18(11-15(16)21(28)30-22(2,3)4)25-13-17(23-24-25)14-9-7-6-8-10-14/h6-10,13,15-16,18-19,26H,5,11-12H2,1-4H3/t15-,16+,18-,19-/m0/s1. The second-order valence-electron chi connectivity index (χ2n) is 8.55. The van der Waals surface area contributed by atoms with E-state index < -0.39 is 41.5 Å². The summed E-state index contributed by atoms with van der Waals surface area (Å²) in [5.74, 6) is -2.46. The number of aliphatic hydroxyl groups is 1. The molecule has 0 radical (unpaired) electrons. The van der Waals surface area contributed by atoms with Crippen molar-refractivity contribution in [3.05, 3.63) is 36.5 Å². The highest BCUT2D eigenvalue weighted by atomic mass is 16.6. The van der Waals surface area contributed by atoms with Gasteiger partial charge in [-0.2, -0.15) is 0 Å². The molecule has 0 aliphatic heterocycles. The molecule has 2 aromatic rings. The lowest BCUT2D eigenvalue weighted by Crippen LogP contribution is -2.45. The summed E-state index contributed by atoms with van der Waals surface area (Å²) in [7, 11) is 0. The van der Waals surface area contributed by atoms with Crippen LogP contribution in [0.3, 0.4) is 0 Å². The number of aromatic nitrogens is 3. The molecule has 1 saturated carbocycles. The van der Waals surface area contributed by atoms with Gasteiger partial charge in [-0.25, -0.2) is 4.68 Å². The van der Waals surface area contributed by atoms with Crippen molar-refractivity contribution >= 4 is 11.9 Å². The molecule has 1 aromatic carbocycles. The van der Waals surface area contributed by atoms with Crippen molar-refractivity contribution in [3.63, 3.8) is 0 Å². The molecule has 4 atom stereocenters. The number of nitrogens with zero attached hydrogens (tertiary/aromatic N) is 3. The lowest BCUT2D eigenvalue weighted by molar-refractivity contribution is -0.173. The molecule has 0 amide bonds. The Morgan fingerprint density at radius 3 is 2.43 bits per heavy atom. The van der Waals surface area contributed by atoms with Gasteiger partial charge in [0, 0.05) is 5.56 Å². The Kier molecular flexibility index (Phi) is 6.55. The Bertz CT molecular complexity index is 874. The van der Waals surface area contributed by atoms with Gasteiger partial charge in [0.25, 0.3) is 0 Å². The number of aliphatic hydroxyl groups excluding tert-OH is 1. The molecule has 1 aliphatic rings. The topological polar surface area (TPSA) is 104 Å². The van der Waals surface area contributed by atoms with Crippen molar-refractivity contribution in [1.82, 2.24) is 15.0 Å².